The van der Waals surface area contributed by atoms with Crippen LogP contribution in [0.1, 0.15) is 31.2 Å². The first kappa shape index (κ1) is 29.3. The van der Waals surface area contributed by atoms with Crippen molar-refractivity contribution in [2.45, 2.75) is 25.7 Å². The number of anilines is 1. The molecule has 1 N–H and O–H groups in total. The van der Waals surface area contributed by atoms with E-state index in [2.05, 4.69) is 20.9 Å². The maximum absolute atomic E-state index is 14.3. The number of ether oxygens (including phenoxy) is 1. The fraction of sp³-hybridized carbons (Fsp3) is 0.216. The quantitative estimate of drug-likeness (QED) is 0.144. The number of amides is 2. The van der Waals surface area contributed by atoms with Crippen molar-refractivity contribution in [3.05, 3.63) is 105 Å². The van der Waals surface area contributed by atoms with Crippen LogP contribution in [0.25, 0.3) is 22.6 Å². The number of carbonyl (C=O) groups excluding carboxylic acids is 4. The molecule has 3 aromatic carbocycles. The van der Waals surface area contributed by atoms with Crippen LogP contribution in [-0.4, -0.2) is 40.6 Å². The number of ketones is 2. The van der Waals surface area contributed by atoms with Gasteiger partial charge >= 0.3 is 0 Å². The Morgan fingerprint density at radius 1 is 1.00 bits per heavy atom. The lowest BCUT2D eigenvalue weighted by molar-refractivity contribution is -0.123. The average molecular weight is 692 g/mol. The number of phenolic OH excluding ortho intramolecular Hbond substituents is 1. The summed E-state index contributed by atoms with van der Waals surface area (Å²) in [5, 5.41) is 10.5. The predicted octanol–water partition coefficient (Wildman–Crippen LogP) is 6.61. The zero-order valence-corrected chi connectivity index (χ0v) is 26.9. The number of hydrogen-bond acceptors (Lipinski definition) is 8. The van der Waals surface area contributed by atoms with Gasteiger partial charge in [-0.25, -0.2) is 4.98 Å². The van der Waals surface area contributed by atoms with Gasteiger partial charge in [-0.2, -0.15) is 0 Å². The van der Waals surface area contributed by atoms with Crippen molar-refractivity contribution in [3.63, 3.8) is 0 Å². The molecular weight excluding hydrogens is 664 g/mol. The van der Waals surface area contributed by atoms with E-state index in [0.29, 0.717) is 55.9 Å². The number of allylic oxidation sites excluding steroid dienone is 6. The molecule has 0 saturated carbocycles. The molecule has 0 bridgehead atoms. The number of aromatic hydroxyl groups is 1. The first-order valence-electron chi connectivity index (χ1n) is 15.3. The number of oxazole rings is 1. The lowest BCUT2D eigenvalue weighted by atomic mass is 9.59. The Morgan fingerprint density at radius 2 is 1.77 bits per heavy atom. The fourth-order valence-corrected chi connectivity index (χ4v) is 8.12. The van der Waals surface area contributed by atoms with Crippen LogP contribution in [0.2, 0.25) is 0 Å². The number of nitrogens with zero attached hydrogens (tertiary/aromatic N) is 2. The first-order chi connectivity index (χ1) is 22.7. The predicted molar refractivity (Wildman–Crippen MR) is 176 cm³/mol. The van der Waals surface area contributed by atoms with Crippen LogP contribution in [0.3, 0.4) is 0 Å². The van der Waals surface area contributed by atoms with Gasteiger partial charge in [-0.3, -0.25) is 24.1 Å². The normalized spacial score (nSPS) is 23.9. The van der Waals surface area contributed by atoms with E-state index in [1.807, 2.05) is 30.3 Å². The Balaban J connectivity index is 1.18. The highest BCUT2D eigenvalue weighted by Gasteiger charge is 2.56. The maximum Gasteiger partial charge on any atom is 0.238 e. The Bertz CT molecular complexity index is 2140. The summed E-state index contributed by atoms with van der Waals surface area (Å²) < 4.78 is 11.7. The van der Waals surface area contributed by atoms with Crippen molar-refractivity contribution in [2.75, 3.05) is 12.0 Å². The summed E-state index contributed by atoms with van der Waals surface area (Å²) in [6, 6.07) is 17.8. The summed E-state index contributed by atoms with van der Waals surface area (Å²) in [4.78, 5) is 61.1. The smallest absolute Gasteiger partial charge is 0.238 e. The Morgan fingerprint density at radius 3 is 2.51 bits per heavy atom. The number of hydrogen-bond donors (Lipinski definition) is 1. The molecule has 1 fully saturated rings. The summed E-state index contributed by atoms with van der Waals surface area (Å²) in [7, 11) is 1.43. The zero-order chi connectivity index (χ0) is 32.7. The SMILES string of the molecule is COc1cc([C@H]2C3=CC[C@@H]4C(=O)N(c5ccc(-c6nc7ccccc7o6)cc5)C(=O)[C@@H]4[C@@H]3CC3=C2C(=O)C(C)=CC3=O)cc(Br)c1O. The lowest BCUT2D eigenvalue weighted by Crippen LogP contribution is -2.39. The molecule has 0 radical (unpaired) electrons. The highest BCUT2D eigenvalue weighted by molar-refractivity contribution is 9.10. The molecular formula is C37H27BrN2O7. The number of methoxy groups -OCH3 is 1. The van der Waals surface area contributed by atoms with Gasteiger partial charge in [0.25, 0.3) is 0 Å². The van der Waals surface area contributed by atoms with Crippen molar-refractivity contribution in [1.29, 1.82) is 0 Å². The van der Waals surface area contributed by atoms with Crippen LogP contribution in [-0.2, 0) is 19.2 Å². The van der Waals surface area contributed by atoms with Gasteiger partial charge in [0.05, 0.1) is 29.1 Å². The van der Waals surface area contributed by atoms with Gasteiger partial charge in [-0.15, -0.1) is 0 Å². The summed E-state index contributed by atoms with van der Waals surface area (Å²) in [5.74, 6) is -3.05. The van der Waals surface area contributed by atoms with Crippen LogP contribution in [0.15, 0.2) is 104 Å². The van der Waals surface area contributed by atoms with Crippen molar-refractivity contribution < 1.29 is 33.4 Å². The van der Waals surface area contributed by atoms with Crippen LogP contribution in [0.5, 0.6) is 11.5 Å². The number of rotatable bonds is 4. The monoisotopic (exact) mass is 690 g/mol. The average Bonchev–Trinajstić information content (AvgIpc) is 3.62. The van der Waals surface area contributed by atoms with Crippen molar-refractivity contribution in [3.8, 4) is 23.0 Å². The molecule has 0 spiro atoms. The molecule has 4 aliphatic rings. The van der Waals surface area contributed by atoms with Gasteiger partial charge in [-0.1, -0.05) is 23.8 Å². The van der Waals surface area contributed by atoms with E-state index < -0.39 is 23.7 Å². The Kier molecular flexibility index (Phi) is 6.70. The summed E-state index contributed by atoms with van der Waals surface area (Å²) in [5.41, 5.74) is 5.07. The fourth-order valence-electron chi connectivity index (χ4n) is 7.66. The van der Waals surface area contributed by atoms with Gasteiger partial charge in [0.1, 0.15) is 5.52 Å². The van der Waals surface area contributed by atoms with Crippen LogP contribution in [0, 0.1) is 17.8 Å². The third-order valence-electron chi connectivity index (χ3n) is 9.84. The van der Waals surface area contributed by atoms with E-state index in [1.165, 1.54) is 18.1 Å². The number of halogens is 1. The third kappa shape index (κ3) is 4.38. The number of benzene rings is 3. The summed E-state index contributed by atoms with van der Waals surface area (Å²) in [6.45, 7) is 1.62. The Hall–Kier alpha value is -5.09. The standard InChI is InChI=1S/C37H27BrN2O7/c1-17-13-27(41)24-16-23-21(30(32(24)33(17)42)19-14-25(38)34(43)29(15-19)46-2)11-12-22-31(23)37(45)40(36(22)44)20-9-7-18(8-10-20)35-39-26-5-3-4-6-28(26)47-35/h3-11,13-15,22-23,30-31,43H,12,16H2,1-2H3/t22-,23+,30-,31-/m0/s1. The molecule has 1 saturated heterocycles. The minimum atomic E-state index is -0.715. The molecule has 3 aliphatic carbocycles. The number of Topliss-reactive ketones (excluding diaryl/α,β-unsaturated/α-hetero) is 1. The molecule has 2 amide bonds. The second-order valence-electron chi connectivity index (χ2n) is 12.3. The minimum absolute atomic E-state index is 0.0908. The van der Waals surface area contributed by atoms with E-state index in [1.54, 1.807) is 43.3 Å². The summed E-state index contributed by atoms with van der Waals surface area (Å²) in [6.07, 6.45) is 3.80. The van der Waals surface area contributed by atoms with E-state index in [4.69, 9.17) is 9.15 Å². The summed E-state index contributed by atoms with van der Waals surface area (Å²) >= 11 is 3.40. The molecule has 1 aromatic heterocycles. The highest BCUT2D eigenvalue weighted by Crippen LogP contribution is 2.56. The molecule has 234 valence electrons. The van der Waals surface area contributed by atoms with Crippen LogP contribution >= 0.6 is 15.9 Å². The maximum atomic E-state index is 14.3. The number of aromatic nitrogens is 1. The first-order valence-corrected chi connectivity index (χ1v) is 16.1. The van der Waals surface area contributed by atoms with E-state index >= 15 is 0 Å². The molecule has 4 atom stereocenters. The van der Waals surface area contributed by atoms with Crippen molar-refractivity contribution in [2.24, 2.45) is 17.8 Å². The van der Waals surface area contributed by atoms with Crippen LogP contribution in [0.4, 0.5) is 5.69 Å². The molecule has 1 aliphatic heterocycles. The number of fused-ring (bicyclic) bond motifs is 4. The molecule has 9 nitrogen and oxygen atoms in total. The molecule has 4 aromatic rings. The van der Waals surface area contributed by atoms with Crippen molar-refractivity contribution >= 4 is 56.1 Å². The third-order valence-corrected chi connectivity index (χ3v) is 10.4. The molecule has 10 heteroatoms. The number of phenols is 1. The zero-order valence-electron chi connectivity index (χ0n) is 25.3. The number of para-hydroxylation sites is 2. The van der Waals surface area contributed by atoms with Crippen LogP contribution < -0.4 is 9.64 Å². The molecule has 47 heavy (non-hydrogen) atoms. The van der Waals surface area contributed by atoms with Gasteiger partial charge in [-0.05, 0) is 102 Å². The van der Waals surface area contributed by atoms with E-state index in [9.17, 15) is 24.3 Å². The number of imide groups is 1. The molecule has 0 unspecified atom stereocenters. The van der Waals surface area contributed by atoms with Gasteiger partial charge in [0, 0.05) is 28.2 Å². The van der Waals surface area contributed by atoms with E-state index in [0.717, 1.165) is 11.1 Å². The minimum Gasteiger partial charge on any atom is -0.503 e. The second-order valence-corrected chi connectivity index (χ2v) is 13.2. The second kappa shape index (κ2) is 10.7. The van der Waals surface area contributed by atoms with Gasteiger partial charge in [0.2, 0.25) is 17.7 Å². The van der Waals surface area contributed by atoms with Crippen molar-refractivity contribution in [1.82, 2.24) is 4.98 Å². The van der Waals surface area contributed by atoms with Gasteiger partial charge < -0.3 is 14.3 Å². The molecule has 2 heterocycles. The highest BCUT2D eigenvalue weighted by atomic mass is 79.9. The van der Waals surface area contributed by atoms with Gasteiger partial charge in [0.15, 0.2) is 28.6 Å². The number of carbonyl (C=O) groups is 4. The largest absolute Gasteiger partial charge is 0.503 e. The molecule has 8 rings (SSSR count). The Labute approximate surface area is 277 Å². The topological polar surface area (TPSA) is 127 Å². The van der Waals surface area contributed by atoms with E-state index in [-0.39, 0.29) is 41.3 Å². The lowest BCUT2D eigenvalue weighted by Gasteiger charge is -2.42.